The van der Waals surface area contributed by atoms with Gasteiger partial charge in [-0.2, -0.15) is 0 Å². The Morgan fingerprint density at radius 1 is 0.864 bits per heavy atom. The summed E-state index contributed by atoms with van der Waals surface area (Å²) in [6, 6.07) is 3.95. The summed E-state index contributed by atoms with van der Waals surface area (Å²) in [6.07, 6.45) is 18.2. The number of carbonyl (C=O) groups excluding carboxylic acids is 2. The van der Waals surface area contributed by atoms with Crippen molar-refractivity contribution >= 4 is 17.8 Å². The van der Waals surface area contributed by atoms with E-state index in [-0.39, 0.29) is 51.1 Å². The number of ether oxygens (including phenoxy) is 1. The predicted molar refractivity (Wildman–Crippen MR) is 227 cm³/mol. The number of likely N-dealkylation sites (tertiary alicyclic amines) is 1. The summed E-state index contributed by atoms with van der Waals surface area (Å²) in [5, 5.41) is 9.70. The Balaban J connectivity index is 0.968. The van der Waals surface area contributed by atoms with Crippen LogP contribution in [0.1, 0.15) is 151 Å². The molecule has 59 heavy (non-hydrogen) atoms. The Morgan fingerprint density at radius 2 is 1.64 bits per heavy atom. The van der Waals surface area contributed by atoms with Gasteiger partial charge in [-0.25, -0.2) is 4.98 Å². The van der Waals surface area contributed by atoms with Crippen molar-refractivity contribution in [2.24, 2.45) is 73.9 Å². The van der Waals surface area contributed by atoms with Crippen LogP contribution >= 0.6 is 0 Å². The van der Waals surface area contributed by atoms with Crippen LogP contribution in [0.25, 0.3) is 11.3 Å². The Hall–Kier alpha value is -3.49. The maximum atomic E-state index is 15.5. The number of imidazole rings is 1. The molecule has 0 aromatic carbocycles. The molecule has 9 rings (SSSR count). The summed E-state index contributed by atoms with van der Waals surface area (Å²) in [7, 11) is 0. The number of H-pyrrole nitrogens is 1. The van der Waals surface area contributed by atoms with Crippen molar-refractivity contribution in [1.82, 2.24) is 19.9 Å². The van der Waals surface area contributed by atoms with Gasteiger partial charge in [0.1, 0.15) is 11.9 Å². The quantitative estimate of drug-likeness (QED) is 0.211. The molecule has 2 aromatic rings. The second-order valence-electron chi connectivity index (χ2n) is 22.7. The van der Waals surface area contributed by atoms with Gasteiger partial charge in [-0.3, -0.25) is 19.4 Å². The van der Waals surface area contributed by atoms with Crippen LogP contribution in [0.15, 0.2) is 42.9 Å². The third-order valence-electron chi connectivity index (χ3n) is 19.9. The predicted octanol–water partition coefficient (Wildman–Crippen LogP) is 10.5. The fraction of sp³-hybridized carbons (Fsp3) is 0.740. The molecule has 3 heterocycles. The van der Waals surface area contributed by atoms with Crippen LogP contribution in [0.3, 0.4) is 0 Å². The molecule has 9 heteroatoms. The molecule has 9 nitrogen and oxygen atoms in total. The van der Waals surface area contributed by atoms with E-state index in [1.165, 1.54) is 12.0 Å². The first kappa shape index (κ1) is 40.9. The van der Waals surface area contributed by atoms with Crippen LogP contribution in [0.5, 0.6) is 0 Å². The summed E-state index contributed by atoms with van der Waals surface area (Å²) in [5.74, 6) is 1.45. The number of aliphatic carboxylic acids is 1. The normalized spacial score (nSPS) is 43.0. The molecule has 2 aromatic heterocycles. The first-order chi connectivity index (χ1) is 27.8. The zero-order chi connectivity index (χ0) is 42.1. The molecule has 1 saturated heterocycles. The molecule has 7 aliphatic rings. The number of rotatable bonds is 7. The number of hydrogen-bond donors (Lipinski definition) is 2. The number of pyridine rings is 1. The molecule has 1 aliphatic heterocycles. The number of aromatic amines is 1. The van der Waals surface area contributed by atoms with Crippen molar-refractivity contribution in [3.8, 4) is 11.3 Å². The number of aromatic nitrogens is 3. The minimum absolute atomic E-state index is 0.0387. The number of fused-ring (bicyclic) bond motifs is 7. The van der Waals surface area contributed by atoms with Crippen molar-refractivity contribution in [1.29, 1.82) is 0 Å². The van der Waals surface area contributed by atoms with E-state index >= 15 is 4.79 Å². The molecule has 2 unspecified atom stereocenters. The number of carboxylic acid groups (broad SMARTS) is 1. The summed E-state index contributed by atoms with van der Waals surface area (Å²) in [4.78, 5) is 56.0. The number of hydrogen-bond acceptors (Lipinski definition) is 6. The third kappa shape index (κ3) is 5.69. The fourth-order valence-corrected chi connectivity index (χ4v) is 16.4. The summed E-state index contributed by atoms with van der Waals surface area (Å²) in [5.41, 5.74) is 2.39. The molecule has 7 fully saturated rings. The smallest absolute Gasteiger partial charge is 0.309 e. The summed E-state index contributed by atoms with van der Waals surface area (Å²) >= 11 is 0. The standard InChI is InChI=1S/C50H70N4O5/c1-29(2)31-16-21-50(44(58)54-25-11-13-36(54)41-52-28-35(53-41)30-12-10-24-51-27-30)23-22-48(8)32(40(31)50)14-15-38-47(7)19-18-39(46(5,6)37(47)17-20-49(38,48)9)59-43(57)34-26-33(42(55)56)45(34,3)4/h10,12,24,27-28,31-34,36-40H,1,11,13-23,25-26H2,2-9H3,(H,52,53)(H,55,56)/t31-,32+,33?,34?,36-,37-,38+,39-,40+,47-,48+,49+,50-/m0/s1. The van der Waals surface area contributed by atoms with Crippen LogP contribution < -0.4 is 0 Å². The highest BCUT2D eigenvalue weighted by molar-refractivity contribution is 5.85. The topological polar surface area (TPSA) is 125 Å². The van der Waals surface area contributed by atoms with Crippen LogP contribution in [0.4, 0.5) is 0 Å². The highest BCUT2D eigenvalue weighted by Gasteiger charge is 2.72. The van der Waals surface area contributed by atoms with Crippen LogP contribution in [0.2, 0.25) is 0 Å². The van der Waals surface area contributed by atoms with E-state index < -0.39 is 17.3 Å². The maximum Gasteiger partial charge on any atom is 0.309 e. The Labute approximate surface area is 352 Å². The van der Waals surface area contributed by atoms with Crippen molar-refractivity contribution < 1.29 is 24.2 Å². The van der Waals surface area contributed by atoms with Crippen LogP contribution in [-0.2, 0) is 19.1 Å². The number of esters is 1. The van der Waals surface area contributed by atoms with E-state index in [2.05, 4.69) is 63.0 Å². The van der Waals surface area contributed by atoms with E-state index in [0.29, 0.717) is 41.9 Å². The number of nitrogens with zero attached hydrogens (tertiary/aromatic N) is 3. The molecular weight excluding hydrogens is 737 g/mol. The number of allylic oxidation sites excluding steroid dienone is 1. The zero-order valence-corrected chi connectivity index (χ0v) is 37.1. The molecule has 0 bridgehead atoms. The maximum absolute atomic E-state index is 15.5. The van der Waals surface area contributed by atoms with Crippen molar-refractivity contribution in [2.75, 3.05) is 6.54 Å². The molecule has 320 valence electrons. The Morgan fingerprint density at radius 3 is 2.34 bits per heavy atom. The molecule has 0 radical (unpaired) electrons. The minimum Gasteiger partial charge on any atom is -0.481 e. The molecule has 13 atom stereocenters. The Kier molecular flexibility index (Phi) is 9.54. The van der Waals surface area contributed by atoms with Gasteiger partial charge in [0, 0.05) is 29.9 Å². The zero-order valence-electron chi connectivity index (χ0n) is 37.1. The van der Waals surface area contributed by atoms with Gasteiger partial charge in [0.15, 0.2) is 0 Å². The molecular formula is C50H70N4O5. The van der Waals surface area contributed by atoms with Gasteiger partial charge in [0.2, 0.25) is 5.91 Å². The summed E-state index contributed by atoms with van der Waals surface area (Å²) < 4.78 is 6.47. The number of carbonyl (C=O) groups is 3. The largest absolute Gasteiger partial charge is 0.481 e. The fourth-order valence-electron chi connectivity index (χ4n) is 16.4. The molecule has 6 aliphatic carbocycles. The van der Waals surface area contributed by atoms with E-state index in [1.54, 1.807) is 6.20 Å². The van der Waals surface area contributed by atoms with Gasteiger partial charge >= 0.3 is 11.9 Å². The van der Waals surface area contributed by atoms with E-state index in [4.69, 9.17) is 9.72 Å². The number of carboxylic acids is 1. The van der Waals surface area contributed by atoms with Crippen LogP contribution in [0, 0.1) is 73.9 Å². The lowest BCUT2D eigenvalue weighted by Gasteiger charge is -2.73. The van der Waals surface area contributed by atoms with E-state index in [1.807, 2.05) is 38.4 Å². The Bertz CT molecular complexity index is 2020. The molecule has 1 amide bonds. The average molecular weight is 807 g/mol. The summed E-state index contributed by atoms with van der Waals surface area (Å²) in [6.45, 7) is 24.0. The van der Waals surface area contributed by atoms with Gasteiger partial charge in [-0.05, 0) is 154 Å². The number of nitrogens with one attached hydrogen (secondary N) is 1. The highest BCUT2D eigenvalue weighted by atomic mass is 16.5. The monoisotopic (exact) mass is 807 g/mol. The minimum atomic E-state index is -0.818. The second-order valence-corrected chi connectivity index (χ2v) is 22.7. The lowest BCUT2D eigenvalue weighted by molar-refractivity contribution is -0.251. The van der Waals surface area contributed by atoms with E-state index in [9.17, 15) is 14.7 Å². The SMILES string of the molecule is C=C(C)[C@@H]1CC[C@]2(C(=O)N3CCC[C@H]3c3ncc(-c4cccnc4)[nH]3)CC[C@]3(C)[C@H](CC[C@@H]4[C@@]5(C)CC[C@H](OC(=O)C6CC(C(=O)O)C6(C)C)C(C)(C)[C@@H]5CC[C@]43C)[C@@H]12. The van der Waals surface area contributed by atoms with Gasteiger partial charge in [-0.1, -0.05) is 60.6 Å². The van der Waals surface area contributed by atoms with E-state index in [0.717, 1.165) is 94.3 Å². The van der Waals surface area contributed by atoms with Crippen LogP contribution in [-0.4, -0.2) is 55.5 Å². The molecule has 2 N–H and O–H groups in total. The number of amides is 1. The first-order valence-corrected chi connectivity index (χ1v) is 23.2. The van der Waals surface area contributed by atoms with Crippen molar-refractivity contribution in [3.63, 3.8) is 0 Å². The van der Waals surface area contributed by atoms with Gasteiger partial charge in [0.05, 0.1) is 35.2 Å². The van der Waals surface area contributed by atoms with Gasteiger partial charge < -0.3 is 19.7 Å². The lowest BCUT2D eigenvalue weighted by atomic mass is 9.32. The lowest BCUT2D eigenvalue weighted by Crippen LogP contribution is -2.67. The van der Waals surface area contributed by atoms with Crippen molar-refractivity contribution in [3.05, 3.63) is 48.7 Å². The highest BCUT2D eigenvalue weighted by Crippen LogP contribution is 2.78. The van der Waals surface area contributed by atoms with Gasteiger partial charge in [0.25, 0.3) is 0 Å². The first-order valence-electron chi connectivity index (χ1n) is 23.2. The molecule has 6 saturated carbocycles. The second kappa shape index (κ2) is 13.8. The average Bonchev–Trinajstić information content (AvgIpc) is 3.95. The van der Waals surface area contributed by atoms with Crippen molar-refractivity contribution in [2.45, 2.75) is 151 Å². The van der Waals surface area contributed by atoms with Gasteiger partial charge in [-0.15, -0.1) is 0 Å². The third-order valence-corrected chi connectivity index (χ3v) is 19.9. The molecule has 0 spiro atoms.